The Labute approximate surface area is 131 Å². The summed E-state index contributed by atoms with van der Waals surface area (Å²) in [5.41, 5.74) is 4.64. The SMILES string of the molecule is CCCNCc1c2c(nc3ccc(F)cc13)CCN(CC)C2. The third-order valence-corrected chi connectivity index (χ3v) is 4.47. The van der Waals surface area contributed by atoms with Crippen molar-refractivity contribution in [3.8, 4) is 0 Å². The van der Waals surface area contributed by atoms with Crippen LogP contribution >= 0.6 is 0 Å². The maximum atomic E-state index is 13.7. The van der Waals surface area contributed by atoms with E-state index < -0.39 is 0 Å². The number of nitrogens with one attached hydrogen (secondary N) is 1. The first-order valence-electron chi connectivity index (χ1n) is 8.25. The molecule has 0 aliphatic carbocycles. The van der Waals surface area contributed by atoms with Crippen LogP contribution in [0.1, 0.15) is 37.1 Å². The molecule has 1 aliphatic rings. The smallest absolute Gasteiger partial charge is 0.123 e. The maximum Gasteiger partial charge on any atom is 0.123 e. The van der Waals surface area contributed by atoms with Gasteiger partial charge in [-0.25, -0.2) is 4.39 Å². The molecule has 0 radical (unpaired) electrons. The average molecular weight is 301 g/mol. The van der Waals surface area contributed by atoms with Gasteiger partial charge in [-0.2, -0.15) is 0 Å². The van der Waals surface area contributed by atoms with E-state index in [0.717, 1.165) is 56.5 Å². The minimum Gasteiger partial charge on any atom is -0.313 e. The molecule has 0 amide bonds. The third kappa shape index (κ3) is 2.99. The molecular weight excluding hydrogens is 277 g/mol. The molecule has 0 bridgehead atoms. The number of fused-ring (bicyclic) bond motifs is 2. The molecule has 3 rings (SSSR count). The molecule has 0 unspecified atom stereocenters. The van der Waals surface area contributed by atoms with E-state index in [1.807, 2.05) is 0 Å². The number of hydrogen-bond acceptors (Lipinski definition) is 3. The predicted octanol–water partition coefficient (Wildman–Crippen LogP) is 3.25. The van der Waals surface area contributed by atoms with Crippen molar-refractivity contribution >= 4 is 10.9 Å². The number of hydrogen-bond donors (Lipinski definition) is 1. The summed E-state index contributed by atoms with van der Waals surface area (Å²) in [6.45, 7) is 9.14. The minimum absolute atomic E-state index is 0.186. The zero-order valence-corrected chi connectivity index (χ0v) is 13.5. The van der Waals surface area contributed by atoms with Crippen LogP contribution in [0.2, 0.25) is 0 Å². The van der Waals surface area contributed by atoms with E-state index in [4.69, 9.17) is 4.98 Å². The van der Waals surface area contributed by atoms with Crippen molar-refractivity contribution in [3.05, 3.63) is 40.8 Å². The fourth-order valence-corrected chi connectivity index (χ4v) is 3.22. The molecule has 0 fully saturated rings. The van der Waals surface area contributed by atoms with E-state index in [0.29, 0.717) is 0 Å². The zero-order valence-electron chi connectivity index (χ0n) is 13.5. The van der Waals surface area contributed by atoms with E-state index in [1.54, 1.807) is 12.1 Å². The second-order valence-electron chi connectivity index (χ2n) is 5.97. The Kier molecular flexibility index (Phi) is 4.69. The molecule has 3 nitrogen and oxygen atoms in total. The molecular formula is C18H24FN3. The second-order valence-corrected chi connectivity index (χ2v) is 5.97. The maximum absolute atomic E-state index is 13.7. The van der Waals surface area contributed by atoms with Crippen LogP contribution in [0.15, 0.2) is 18.2 Å². The van der Waals surface area contributed by atoms with Crippen molar-refractivity contribution in [2.24, 2.45) is 0 Å². The van der Waals surface area contributed by atoms with Crippen LogP contribution in [0.4, 0.5) is 4.39 Å². The summed E-state index contributed by atoms with van der Waals surface area (Å²) in [6, 6.07) is 4.95. The zero-order chi connectivity index (χ0) is 15.5. The predicted molar refractivity (Wildman–Crippen MR) is 88.4 cm³/mol. The van der Waals surface area contributed by atoms with Crippen molar-refractivity contribution in [2.45, 2.75) is 39.8 Å². The molecule has 0 saturated heterocycles. The standard InChI is InChI=1S/C18H24FN3/c1-3-8-20-11-15-14-10-13(19)5-6-17(14)21-18-7-9-22(4-2)12-16(15)18/h5-6,10,20H,3-4,7-9,11-12H2,1-2H3. The van der Waals surface area contributed by atoms with Crippen LogP contribution in [-0.2, 0) is 19.5 Å². The van der Waals surface area contributed by atoms with Gasteiger partial charge in [0.1, 0.15) is 5.82 Å². The topological polar surface area (TPSA) is 28.2 Å². The van der Waals surface area contributed by atoms with Crippen molar-refractivity contribution in [3.63, 3.8) is 0 Å². The second kappa shape index (κ2) is 6.71. The number of aromatic nitrogens is 1. The molecule has 0 atom stereocenters. The van der Waals surface area contributed by atoms with Gasteiger partial charge in [-0.15, -0.1) is 0 Å². The summed E-state index contributed by atoms with van der Waals surface area (Å²) in [6.07, 6.45) is 2.08. The number of rotatable bonds is 5. The number of likely N-dealkylation sites (N-methyl/N-ethyl adjacent to an activating group) is 1. The summed E-state index contributed by atoms with van der Waals surface area (Å²) < 4.78 is 13.7. The molecule has 1 aromatic heterocycles. The highest BCUT2D eigenvalue weighted by Crippen LogP contribution is 2.28. The third-order valence-electron chi connectivity index (χ3n) is 4.47. The van der Waals surface area contributed by atoms with Gasteiger partial charge in [0.05, 0.1) is 5.52 Å². The van der Waals surface area contributed by atoms with Crippen LogP contribution in [0.3, 0.4) is 0 Å². The van der Waals surface area contributed by atoms with E-state index in [1.165, 1.54) is 22.9 Å². The Morgan fingerprint density at radius 2 is 2.18 bits per heavy atom. The van der Waals surface area contributed by atoms with Gasteiger partial charge in [0.2, 0.25) is 0 Å². The van der Waals surface area contributed by atoms with Gasteiger partial charge in [0.15, 0.2) is 0 Å². The quantitative estimate of drug-likeness (QED) is 0.859. The van der Waals surface area contributed by atoms with Gasteiger partial charge in [-0.1, -0.05) is 13.8 Å². The van der Waals surface area contributed by atoms with Gasteiger partial charge >= 0.3 is 0 Å². The first-order chi connectivity index (χ1) is 10.7. The molecule has 1 aromatic carbocycles. The van der Waals surface area contributed by atoms with E-state index in [2.05, 4.69) is 24.1 Å². The van der Waals surface area contributed by atoms with Gasteiger partial charge in [-0.3, -0.25) is 9.88 Å². The van der Waals surface area contributed by atoms with Crippen molar-refractivity contribution in [2.75, 3.05) is 19.6 Å². The first kappa shape index (κ1) is 15.4. The highest BCUT2D eigenvalue weighted by molar-refractivity contribution is 5.84. The highest BCUT2D eigenvalue weighted by Gasteiger charge is 2.21. The lowest BCUT2D eigenvalue weighted by Crippen LogP contribution is -2.32. The summed E-state index contributed by atoms with van der Waals surface area (Å²) >= 11 is 0. The highest BCUT2D eigenvalue weighted by atomic mass is 19.1. The number of halogens is 1. The largest absolute Gasteiger partial charge is 0.313 e. The van der Waals surface area contributed by atoms with Gasteiger partial charge in [0.25, 0.3) is 0 Å². The van der Waals surface area contributed by atoms with Gasteiger partial charge in [0, 0.05) is 37.1 Å². The Hall–Kier alpha value is -1.52. The number of nitrogens with zero attached hydrogens (tertiary/aromatic N) is 2. The van der Waals surface area contributed by atoms with Crippen LogP contribution < -0.4 is 5.32 Å². The van der Waals surface area contributed by atoms with E-state index in [-0.39, 0.29) is 5.82 Å². The fourth-order valence-electron chi connectivity index (χ4n) is 3.22. The van der Waals surface area contributed by atoms with E-state index in [9.17, 15) is 4.39 Å². The molecule has 0 saturated carbocycles. The molecule has 4 heteroatoms. The number of benzene rings is 1. The van der Waals surface area contributed by atoms with Crippen LogP contribution in [0.5, 0.6) is 0 Å². The van der Waals surface area contributed by atoms with Crippen molar-refractivity contribution in [1.82, 2.24) is 15.2 Å². The summed E-state index contributed by atoms with van der Waals surface area (Å²) in [5.74, 6) is -0.186. The lowest BCUT2D eigenvalue weighted by atomic mass is 9.95. The van der Waals surface area contributed by atoms with Crippen LogP contribution in [-0.4, -0.2) is 29.5 Å². The minimum atomic E-state index is -0.186. The summed E-state index contributed by atoms with van der Waals surface area (Å²) in [4.78, 5) is 7.22. The normalized spacial score (nSPS) is 15.2. The Morgan fingerprint density at radius 1 is 1.32 bits per heavy atom. The lowest BCUT2D eigenvalue weighted by molar-refractivity contribution is 0.265. The van der Waals surface area contributed by atoms with Crippen molar-refractivity contribution in [1.29, 1.82) is 0 Å². The van der Waals surface area contributed by atoms with Crippen molar-refractivity contribution < 1.29 is 4.39 Å². The average Bonchev–Trinajstić information content (AvgIpc) is 2.54. The molecule has 118 valence electrons. The molecule has 1 aliphatic heterocycles. The Morgan fingerprint density at radius 3 is 2.95 bits per heavy atom. The molecule has 2 heterocycles. The number of pyridine rings is 1. The van der Waals surface area contributed by atoms with Crippen LogP contribution in [0.25, 0.3) is 10.9 Å². The van der Waals surface area contributed by atoms with E-state index >= 15 is 0 Å². The first-order valence-corrected chi connectivity index (χ1v) is 8.25. The molecule has 22 heavy (non-hydrogen) atoms. The fraction of sp³-hybridized carbons (Fsp3) is 0.500. The molecule has 0 spiro atoms. The van der Waals surface area contributed by atoms with Gasteiger partial charge < -0.3 is 5.32 Å². The Bertz CT molecular complexity index is 669. The summed E-state index contributed by atoms with van der Waals surface area (Å²) in [5, 5.41) is 4.44. The van der Waals surface area contributed by atoms with Gasteiger partial charge in [-0.05, 0) is 48.8 Å². The summed E-state index contributed by atoms with van der Waals surface area (Å²) in [7, 11) is 0. The monoisotopic (exact) mass is 301 g/mol. The molecule has 2 aromatic rings. The Balaban J connectivity index is 2.09. The lowest BCUT2D eigenvalue weighted by Gasteiger charge is -2.29. The van der Waals surface area contributed by atoms with Crippen LogP contribution in [0, 0.1) is 5.82 Å². The molecule has 1 N–H and O–H groups in total.